The lowest BCUT2D eigenvalue weighted by atomic mass is 9.54. The van der Waals surface area contributed by atoms with Gasteiger partial charge in [-0.05, 0) is 120 Å². The maximum absolute atomic E-state index is 2.57. The Balaban J connectivity index is 1.49. The molecule has 0 unspecified atom stereocenters. The van der Waals surface area contributed by atoms with Crippen molar-refractivity contribution < 1.29 is 0 Å². The van der Waals surface area contributed by atoms with E-state index in [2.05, 4.69) is 251 Å². The van der Waals surface area contributed by atoms with Gasteiger partial charge < -0.3 is 0 Å². The summed E-state index contributed by atoms with van der Waals surface area (Å²) in [4.78, 5) is 0. The van der Waals surface area contributed by atoms with Crippen LogP contribution >= 0.6 is 0 Å². The minimum atomic E-state index is 1.37. The van der Waals surface area contributed by atoms with Gasteiger partial charge in [-0.15, -0.1) is 38.2 Å². The Kier molecular flexibility index (Phi) is 14.5. The van der Waals surface area contributed by atoms with Crippen LogP contribution in [0.1, 0.15) is 0 Å². The van der Waals surface area contributed by atoms with Crippen LogP contribution in [-0.2, 0) is 0 Å². The fourth-order valence-electron chi connectivity index (χ4n) is 18.6. The fourth-order valence-corrected chi connectivity index (χ4v) is 18.6. The van der Waals surface area contributed by atoms with Crippen molar-refractivity contribution in [2.75, 3.05) is 0 Å². The number of rotatable bonds is 4. The van der Waals surface area contributed by atoms with Gasteiger partial charge in [0.15, 0.2) is 0 Å². The number of benzene rings is 12. The minimum Gasteiger partial charge on any atom is -0.102 e. The zero-order valence-corrected chi connectivity index (χ0v) is 59.0. The van der Waals surface area contributed by atoms with Gasteiger partial charge in [0, 0.05) is 0 Å². The quantitative estimate of drug-likeness (QED) is 0.122. The molecule has 0 N–H and O–H groups in total. The Morgan fingerprint density at radius 2 is 0.209 bits per heavy atom. The first-order chi connectivity index (χ1) is 40.1. The van der Waals surface area contributed by atoms with Crippen molar-refractivity contribution in [1.29, 1.82) is 0 Å². The van der Waals surface area contributed by atoms with Gasteiger partial charge in [0.2, 0.25) is 0 Å². The second-order valence-corrected chi connectivity index (χ2v) is 28.2. The highest BCUT2D eigenvalue weighted by molar-refractivity contribution is 6.80. The highest BCUT2D eigenvalue weighted by Crippen LogP contribution is 2.43. The molecule has 0 aliphatic carbocycles. The predicted octanol–water partition coefficient (Wildman–Crippen LogP) is -40.4. The van der Waals surface area contributed by atoms with Crippen LogP contribution in [0.4, 0.5) is 0 Å². The van der Waals surface area contributed by atoms with Crippen LogP contribution in [0.3, 0.4) is 0 Å². The Labute approximate surface area is 541 Å². The van der Waals surface area contributed by atoms with Crippen molar-refractivity contribution in [1.82, 2.24) is 0 Å². The second-order valence-electron chi connectivity index (χ2n) is 28.2. The van der Waals surface area contributed by atoms with E-state index in [-0.39, 0.29) is 0 Å². The number of hydrogen-bond acceptors (Lipinski definition) is 0. The van der Waals surface area contributed by atoms with Crippen molar-refractivity contribution >= 4 is 501 Å². The fraction of sp³-hybridized carbons (Fsp3) is 0. The van der Waals surface area contributed by atoms with Crippen LogP contribution in [0.2, 0.25) is 0 Å². The first kappa shape index (κ1) is 61.3. The zero-order valence-electron chi connectivity index (χ0n) is 59.0. The lowest BCUT2D eigenvalue weighted by molar-refractivity contribution is 1.71. The standard InChI is InChI=1S/C54H64B32/c55-23-6(10-7-1-3-15(33(65)26(7)58)40(72)48(80)42(74)17(3)37(69)35(67)13(1)31(63)28(10)60)5(12-25(57)21-22(39(71)30(12)62)47(79)51(83)50(82)46(21)78)9(20-44(76)52(84)54(86)53(85)45(20)77)24(56)19(23)11-8-2-4-16(34(66)27(8)59)41(73)49(81)43(75)18(4)38(70)36(68)14(2)32(64)29(11)61/h55-86H2. The number of hydrogen-bond donors (Lipinski definition) is 0. The van der Waals surface area contributed by atoms with Crippen LogP contribution in [0.25, 0.3) is 120 Å². The highest BCUT2D eigenvalue weighted by Gasteiger charge is 2.35. The molecule has 12 aromatic carbocycles. The first-order valence-electron chi connectivity index (χ1n) is 32.2. The molecule has 0 nitrogen and oxygen atoms in total. The molecule has 0 radical (unpaired) electrons. The predicted molar refractivity (Wildman–Crippen MR) is 495 cm³/mol. The molecule has 0 atom stereocenters. The summed E-state index contributed by atoms with van der Waals surface area (Å²) in [7, 11) is 77.8. The lowest BCUT2D eigenvalue weighted by Crippen LogP contribution is -2.55. The Morgan fingerprint density at radius 1 is 0.0698 bits per heavy atom. The third-order valence-corrected chi connectivity index (χ3v) is 25.4. The first-order valence-corrected chi connectivity index (χ1v) is 32.2. The molecular formula is C54H64B32. The van der Waals surface area contributed by atoms with Crippen LogP contribution in [0, 0.1) is 0 Å². The average molecular weight is 1060 g/mol. The molecule has 0 aliphatic heterocycles. The summed E-state index contributed by atoms with van der Waals surface area (Å²) in [6.07, 6.45) is 0. The highest BCUT2D eigenvalue weighted by atomic mass is 14.3. The molecule has 0 bridgehead atoms. The summed E-state index contributed by atoms with van der Waals surface area (Å²) in [6, 6.07) is 0. The lowest BCUT2D eigenvalue weighted by Gasteiger charge is -2.35. The third-order valence-electron chi connectivity index (χ3n) is 25.4. The maximum Gasteiger partial charge on any atom is 0.140 e. The van der Waals surface area contributed by atoms with Crippen LogP contribution in [0.5, 0.6) is 0 Å². The average Bonchev–Trinajstić information content (AvgIpc) is 0.693. The summed E-state index contributed by atoms with van der Waals surface area (Å²) in [6.45, 7) is 0. The van der Waals surface area contributed by atoms with E-state index in [0.29, 0.717) is 0 Å². The maximum atomic E-state index is 2.57. The normalized spacial score (nSPS) is 12.0. The van der Waals surface area contributed by atoms with E-state index < -0.39 is 0 Å². The van der Waals surface area contributed by atoms with Crippen molar-refractivity contribution in [3.63, 3.8) is 0 Å². The van der Waals surface area contributed by atoms with Gasteiger partial charge >= 0.3 is 0 Å². The van der Waals surface area contributed by atoms with Gasteiger partial charge in [-0.3, -0.25) is 0 Å². The Bertz CT molecular complexity index is 5220. The summed E-state index contributed by atoms with van der Waals surface area (Å²) in [5.41, 5.74) is 56.0. The summed E-state index contributed by atoms with van der Waals surface area (Å²) in [5.74, 6) is 0. The smallest absolute Gasteiger partial charge is 0.102 e. The van der Waals surface area contributed by atoms with Crippen molar-refractivity contribution in [3.8, 4) is 44.5 Å². The van der Waals surface area contributed by atoms with Gasteiger partial charge in [0.25, 0.3) is 0 Å². The van der Waals surface area contributed by atoms with E-state index in [1.54, 1.807) is 0 Å². The van der Waals surface area contributed by atoms with E-state index in [9.17, 15) is 0 Å². The van der Waals surface area contributed by atoms with E-state index >= 15 is 0 Å². The van der Waals surface area contributed by atoms with Gasteiger partial charge in [-0.25, -0.2) is 0 Å². The SMILES string of the molecule is Bc1c(B)c(B)c(-c2c(B)c(-c3c(B)c(B)c4c(B)c(B)c5c(B)c(B)c(B)c6c(B)c(B)c3c4c56)c(B)c(-c3c(B)c(B)c4c(B)c(B)c5c(B)c(B)c(B)c6c(B)c(B)c3c4c56)c2-c2c(B)c(B)c3c(B)c(B)c(B)c(B)c3c2B)c(B)c1B. The zero-order chi connectivity index (χ0) is 63.2. The van der Waals surface area contributed by atoms with E-state index in [4.69, 9.17) is 0 Å². The largest absolute Gasteiger partial charge is 0.140 e. The molecule has 376 valence electrons. The molecule has 32 heteroatoms. The molecule has 0 aliphatic rings. The molecule has 0 fully saturated rings. The van der Waals surface area contributed by atoms with Crippen molar-refractivity contribution in [2.45, 2.75) is 0 Å². The third kappa shape index (κ3) is 7.40. The molecule has 0 saturated carbocycles. The van der Waals surface area contributed by atoms with Crippen molar-refractivity contribution in [3.05, 3.63) is 0 Å². The Hall–Kier alpha value is -4.94. The number of fused-ring (bicyclic) bond motifs is 1. The monoisotopic (exact) mass is 1060 g/mol. The molecule has 0 saturated heterocycles. The van der Waals surface area contributed by atoms with Crippen LogP contribution in [0.15, 0.2) is 0 Å². The van der Waals surface area contributed by atoms with Gasteiger partial charge in [0.1, 0.15) is 251 Å². The summed E-state index contributed by atoms with van der Waals surface area (Å²) >= 11 is 0. The van der Waals surface area contributed by atoms with Gasteiger partial charge in [0.05, 0.1) is 0 Å². The van der Waals surface area contributed by atoms with Crippen LogP contribution < -0.4 is 175 Å². The van der Waals surface area contributed by atoms with E-state index in [1.807, 2.05) is 0 Å². The molecule has 12 rings (SSSR count). The molecule has 0 heterocycles. The van der Waals surface area contributed by atoms with E-state index in [1.165, 1.54) is 295 Å². The second kappa shape index (κ2) is 20.3. The molecular weight excluding hydrogens is 995 g/mol. The molecule has 86 heavy (non-hydrogen) atoms. The molecule has 0 amide bonds. The van der Waals surface area contributed by atoms with Crippen LogP contribution in [-0.4, -0.2) is 251 Å². The summed E-state index contributed by atoms with van der Waals surface area (Å²) < 4.78 is 0. The van der Waals surface area contributed by atoms with E-state index in [0.717, 1.165) is 0 Å². The Morgan fingerprint density at radius 3 is 0.523 bits per heavy atom. The van der Waals surface area contributed by atoms with Gasteiger partial charge in [-0.1, -0.05) is 137 Å². The molecule has 0 spiro atoms. The summed E-state index contributed by atoms with van der Waals surface area (Å²) in [5, 5.41) is 20.2. The van der Waals surface area contributed by atoms with Gasteiger partial charge in [-0.2, -0.15) is 0 Å². The minimum absolute atomic E-state index is 1.37. The molecule has 12 aromatic rings. The van der Waals surface area contributed by atoms with Crippen molar-refractivity contribution in [2.24, 2.45) is 0 Å². The topological polar surface area (TPSA) is 0 Å². The molecule has 0 aromatic heterocycles.